The van der Waals surface area contributed by atoms with E-state index in [0.717, 1.165) is 44.0 Å². The van der Waals surface area contributed by atoms with Crippen LogP contribution >= 0.6 is 0 Å². The van der Waals surface area contributed by atoms with E-state index in [1.807, 2.05) is 35.1 Å². The van der Waals surface area contributed by atoms with Gasteiger partial charge in [-0.15, -0.1) is 0 Å². The van der Waals surface area contributed by atoms with Crippen LogP contribution in [0, 0.1) is 0 Å². The maximum atomic E-state index is 5.24. The molecule has 0 bridgehead atoms. The van der Waals surface area contributed by atoms with Crippen LogP contribution in [0.4, 0.5) is 0 Å². The number of nitrogens with zero attached hydrogens (tertiary/aromatic N) is 2. The molecule has 0 aliphatic carbocycles. The first-order valence-corrected chi connectivity index (χ1v) is 7.21. The molecule has 0 aliphatic rings. The largest absolute Gasteiger partial charge is 0.497 e. The Labute approximate surface area is 125 Å². The molecule has 114 valence electrons. The standard InChI is InChI=1S/C16H23N3O2/c1-20-10-9-17-8-4-5-14-12-18-19(13-14)15-6-3-7-16(11-15)21-2/h3,6-7,11-13,17H,4-5,8-10H2,1-2H3. The maximum absolute atomic E-state index is 5.24. The zero-order valence-corrected chi connectivity index (χ0v) is 12.7. The molecule has 0 atom stereocenters. The Morgan fingerprint density at radius 2 is 2.14 bits per heavy atom. The minimum atomic E-state index is 0.758. The van der Waals surface area contributed by atoms with Crippen LogP contribution in [0.25, 0.3) is 5.69 Å². The molecule has 1 heterocycles. The summed E-state index contributed by atoms with van der Waals surface area (Å²) in [6, 6.07) is 7.89. The van der Waals surface area contributed by atoms with Gasteiger partial charge < -0.3 is 14.8 Å². The van der Waals surface area contributed by atoms with Crippen LogP contribution in [0.5, 0.6) is 5.75 Å². The second kappa shape index (κ2) is 8.44. The highest BCUT2D eigenvalue weighted by molar-refractivity contribution is 5.38. The molecule has 2 aromatic rings. The zero-order valence-electron chi connectivity index (χ0n) is 12.7. The third-order valence-corrected chi connectivity index (χ3v) is 3.26. The summed E-state index contributed by atoms with van der Waals surface area (Å²) in [6.07, 6.45) is 6.11. The molecule has 21 heavy (non-hydrogen) atoms. The van der Waals surface area contributed by atoms with E-state index in [4.69, 9.17) is 9.47 Å². The Morgan fingerprint density at radius 1 is 1.24 bits per heavy atom. The summed E-state index contributed by atoms with van der Waals surface area (Å²) in [5.74, 6) is 0.840. The molecule has 5 heteroatoms. The van der Waals surface area contributed by atoms with Crippen LogP contribution in [0.1, 0.15) is 12.0 Å². The first-order valence-electron chi connectivity index (χ1n) is 7.21. The van der Waals surface area contributed by atoms with Gasteiger partial charge >= 0.3 is 0 Å². The quantitative estimate of drug-likeness (QED) is 0.718. The molecule has 0 saturated heterocycles. The number of aromatic nitrogens is 2. The van der Waals surface area contributed by atoms with Crippen LogP contribution < -0.4 is 10.1 Å². The Bertz CT molecular complexity index is 540. The van der Waals surface area contributed by atoms with Crippen molar-refractivity contribution in [2.75, 3.05) is 33.9 Å². The van der Waals surface area contributed by atoms with Crippen molar-refractivity contribution in [1.82, 2.24) is 15.1 Å². The number of aryl methyl sites for hydroxylation is 1. The van der Waals surface area contributed by atoms with Gasteiger partial charge in [0.1, 0.15) is 5.75 Å². The third kappa shape index (κ3) is 4.88. The highest BCUT2D eigenvalue weighted by Gasteiger charge is 2.02. The average molecular weight is 289 g/mol. The summed E-state index contributed by atoms with van der Waals surface area (Å²) in [4.78, 5) is 0. The van der Waals surface area contributed by atoms with Crippen molar-refractivity contribution in [2.24, 2.45) is 0 Å². The third-order valence-electron chi connectivity index (χ3n) is 3.26. The number of benzene rings is 1. The molecule has 0 unspecified atom stereocenters. The lowest BCUT2D eigenvalue weighted by Gasteiger charge is -2.04. The van der Waals surface area contributed by atoms with Crippen molar-refractivity contribution in [3.63, 3.8) is 0 Å². The number of rotatable bonds is 9. The number of methoxy groups -OCH3 is 2. The Hall–Kier alpha value is -1.85. The molecule has 5 nitrogen and oxygen atoms in total. The van der Waals surface area contributed by atoms with Crippen LogP contribution in [-0.4, -0.2) is 43.7 Å². The smallest absolute Gasteiger partial charge is 0.121 e. The van der Waals surface area contributed by atoms with Crippen molar-refractivity contribution in [2.45, 2.75) is 12.8 Å². The number of ether oxygens (including phenoxy) is 2. The van der Waals surface area contributed by atoms with Crippen LogP contribution in [0.15, 0.2) is 36.7 Å². The predicted octanol–water partition coefficient (Wildman–Crippen LogP) is 2.05. The molecule has 0 aliphatic heterocycles. The van der Waals surface area contributed by atoms with Gasteiger partial charge in [0, 0.05) is 25.9 Å². The normalized spacial score (nSPS) is 10.8. The van der Waals surface area contributed by atoms with Crippen LogP contribution in [-0.2, 0) is 11.2 Å². The van der Waals surface area contributed by atoms with E-state index in [-0.39, 0.29) is 0 Å². The summed E-state index contributed by atoms with van der Waals surface area (Å²) in [5, 5.41) is 7.75. The summed E-state index contributed by atoms with van der Waals surface area (Å²) >= 11 is 0. The zero-order chi connectivity index (χ0) is 14.9. The fourth-order valence-corrected chi connectivity index (χ4v) is 2.10. The molecule has 1 aromatic carbocycles. The first-order chi connectivity index (χ1) is 10.3. The molecule has 1 N–H and O–H groups in total. The number of hydrogen-bond donors (Lipinski definition) is 1. The monoisotopic (exact) mass is 289 g/mol. The molecule has 0 radical (unpaired) electrons. The van der Waals surface area contributed by atoms with E-state index >= 15 is 0 Å². The average Bonchev–Trinajstić information content (AvgIpc) is 3.00. The van der Waals surface area contributed by atoms with E-state index < -0.39 is 0 Å². The van der Waals surface area contributed by atoms with Gasteiger partial charge in [-0.3, -0.25) is 0 Å². The lowest BCUT2D eigenvalue weighted by Crippen LogP contribution is -2.20. The SMILES string of the molecule is COCCNCCCc1cnn(-c2cccc(OC)c2)c1. The molecule has 1 aromatic heterocycles. The minimum absolute atomic E-state index is 0.758. The van der Waals surface area contributed by atoms with E-state index in [9.17, 15) is 0 Å². The van der Waals surface area contributed by atoms with E-state index in [2.05, 4.69) is 16.6 Å². The number of nitrogens with one attached hydrogen (secondary N) is 1. The topological polar surface area (TPSA) is 48.3 Å². The molecule has 0 fully saturated rings. The van der Waals surface area contributed by atoms with Crippen molar-refractivity contribution >= 4 is 0 Å². The van der Waals surface area contributed by atoms with Crippen LogP contribution in [0.3, 0.4) is 0 Å². The summed E-state index contributed by atoms with van der Waals surface area (Å²) in [7, 11) is 3.39. The van der Waals surface area contributed by atoms with E-state index in [1.54, 1.807) is 14.2 Å². The molecular weight excluding hydrogens is 266 g/mol. The molecule has 2 rings (SSSR count). The predicted molar refractivity (Wildman–Crippen MR) is 83.2 cm³/mol. The van der Waals surface area contributed by atoms with Crippen molar-refractivity contribution < 1.29 is 9.47 Å². The van der Waals surface area contributed by atoms with E-state index in [1.165, 1.54) is 5.56 Å². The Balaban J connectivity index is 1.83. The molecule has 0 amide bonds. The van der Waals surface area contributed by atoms with E-state index in [0.29, 0.717) is 0 Å². The molecular formula is C16H23N3O2. The Kier molecular flexibility index (Phi) is 6.24. The molecule has 0 saturated carbocycles. The fraction of sp³-hybridized carbons (Fsp3) is 0.438. The summed E-state index contributed by atoms with van der Waals surface area (Å²) in [5.41, 5.74) is 2.25. The lowest BCUT2D eigenvalue weighted by molar-refractivity contribution is 0.199. The van der Waals surface area contributed by atoms with Gasteiger partial charge in [0.2, 0.25) is 0 Å². The van der Waals surface area contributed by atoms with Gasteiger partial charge in [0.15, 0.2) is 0 Å². The van der Waals surface area contributed by atoms with Crippen molar-refractivity contribution in [1.29, 1.82) is 0 Å². The minimum Gasteiger partial charge on any atom is -0.497 e. The van der Waals surface area contributed by atoms with Gasteiger partial charge in [0.05, 0.1) is 25.6 Å². The van der Waals surface area contributed by atoms with Gasteiger partial charge in [-0.25, -0.2) is 4.68 Å². The lowest BCUT2D eigenvalue weighted by atomic mass is 10.2. The van der Waals surface area contributed by atoms with Crippen molar-refractivity contribution in [3.05, 3.63) is 42.2 Å². The van der Waals surface area contributed by atoms with Gasteiger partial charge in [-0.2, -0.15) is 5.10 Å². The first kappa shape index (κ1) is 15.5. The summed E-state index contributed by atoms with van der Waals surface area (Å²) in [6.45, 7) is 2.65. The summed E-state index contributed by atoms with van der Waals surface area (Å²) < 4.78 is 12.1. The van der Waals surface area contributed by atoms with Gasteiger partial charge in [0.25, 0.3) is 0 Å². The number of hydrogen-bond acceptors (Lipinski definition) is 4. The maximum Gasteiger partial charge on any atom is 0.121 e. The Morgan fingerprint density at radius 3 is 2.95 bits per heavy atom. The van der Waals surface area contributed by atoms with Crippen LogP contribution in [0.2, 0.25) is 0 Å². The second-order valence-electron chi connectivity index (χ2n) is 4.84. The van der Waals surface area contributed by atoms with Gasteiger partial charge in [-0.05, 0) is 37.1 Å². The fourth-order valence-electron chi connectivity index (χ4n) is 2.10. The highest BCUT2D eigenvalue weighted by atomic mass is 16.5. The van der Waals surface area contributed by atoms with Gasteiger partial charge in [-0.1, -0.05) is 6.07 Å². The second-order valence-corrected chi connectivity index (χ2v) is 4.84. The van der Waals surface area contributed by atoms with Crippen molar-refractivity contribution in [3.8, 4) is 11.4 Å². The molecule has 0 spiro atoms. The highest BCUT2D eigenvalue weighted by Crippen LogP contribution is 2.16.